The highest BCUT2D eigenvalue weighted by molar-refractivity contribution is 5.26. The molecule has 1 heterocycles. The van der Waals surface area contributed by atoms with Gasteiger partial charge >= 0.3 is 0 Å². The van der Waals surface area contributed by atoms with Gasteiger partial charge in [-0.3, -0.25) is 0 Å². The third kappa shape index (κ3) is 3.41. The minimum absolute atomic E-state index is 0.154. The molecule has 0 aliphatic carbocycles. The zero-order valence-electron chi connectivity index (χ0n) is 11.5. The van der Waals surface area contributed by atoms with E-state index < -0.39 is 0 Å². The average Bonchev–Trinajstić information content (AvgIpc) is 2.81. The average molecular weight is 261 g/mol. The van der Waals surface area contributed by atoms with Crippen molar-refractivity contribution < 1.29 is 4.39 Å². The first-order valence-electron chi connectivity index (χ1n) is 6.66. The fourth-order valence-electron chi connectivity index (χ4n) is 2.17. The van der Waals surface area contributed by atoms with Gasteiger partial charge in [-0.2, -0.15) is 0 Å². The van der Waals surface area contributed by atoms with Crippen LogP contribution in [0.1, 0.15) is 30.3 Å². The largest absolute Gasteiger partial charge is 0.335 e. The summed E-state index contributed by atoms with van der Waals surface area (Å²) in [5.74, 6) is 0.765. The summed E-state index contributed by atoms with van der Waals surface area (Å²) in [6.45, 7) is 3.73. The van der Waals surface area contributed by atoms with Crippen molar-refractivity contribution in [2.75, 3.05) is 7.05 Å². The lowest BCUT2D eigenvalue weighted by Crippen LogP contribution is -2.07. The van der Waals surface area contributed by atoms with Crippen molar-refractivity contribution in [3.63, 3.8) is 0 Å². The molecule has 0 aliphatic rings. The van der Waals surface area contributed by atoms with Crippen molar-refractivity contribution in [3.05, 3.63) is 53.4 Å². The van der Waals surface area contributed by atoms with Crippen LogP contribution in [-0.2, 0) is 19.5 Å². The lowest BCUT2D eigenvalue weighted by atomic mass is 10.1. The third-order valence-corrected chi connectivity index (χ3v) is 3.11. The van der Waals surface area contributed by atoms with E-state index in [1.165, 1.54) is 0 Å². The normalized spacial score (nSPS) is 10.9. The van der Waals surface area contributed by atoms with Crippen LogP contribution in [0.5, 0.6) is 0 Å². The first-order valence-corrected chi connectivity index (χ1v) is 6.66. The number of aryl methyl sites for hydroxylation is 1. The number of nitrogens with one attached hydrogen (secondary N) is 1. The topological polar surface area (TPSA) is 29.9 Å². The molecule has 0 unspecified atom stereocenters. The van der Waals surface area contributed by atoms with Gasteiger partial charge in [0.2, 0.25) is 0 Å². The molecule has 0 fully saturated rings. The Bertz CT molecular complexity index is 534. The molecule has 1 N–H and O–H groups in total. The molecule has 0 radical (unpaired) electrons. The van der Waals surface area contributed by atoms with E-state index in [2.05, 4.69) is 21.8 Å². The predicted molar refractivity (Wildman–Crippen MR) is 74.5 cm³/mol. The Balaban J connectivity index is 2.16. The number of imidazole rings is 1. The fourth-order valence-corrected chi connectivity index (χ4v) is 2.17. The van der Waals surface area contributed by atoms with E-state index in [9.17, 15) is 4.39 Å². The van der Waals surface area contributed by atoms with E-state index in [-0.39, 0.29) is 5.82 Å². The predicted octanol–water partition coefficient (Wildman–Crippen LogP) is 2.74. The van der Waals surface area contributed by atoms with Crippen LogP contribution in [0, 0.1) is 5.82 Å². The zero-order chi connectivity index (χ0) is 13.7. The number of nitrogens with zero attached hydrogens (tertiary/aromatic N) is 2. The van der Waals surface area contributed by atoms with Crippen LogP contribution in [0.4, 0.5) is 4.39 Å². The van der Waals surface area contributed by atoms with E-state index in [1.807, 2.05) is 25.4 Å². The lowest BCUT2D eigenvalue weighted by molar-refractivity contribution is 0.599. The van der Waals surface area contributed by atoms with Gasteiger partial charge in [0, 0.05) is 31.9 Å². The number of rotatable bonds is 6. The third-order valence-electron chi connectivity index (χ3n) is 3.11. The van der Waals surface area contributed by atoms with E-state index in [0.29, 0.717) is 18.5 Å². The van der Waals surface area contributed by atoms with Crippen molar-refractivity contribution in [1.29, 1.82) is 0 Å². The summed E-state index contributed by atoms with van der Waals surface area (Å²) in [6, 6.07) is 5.41. The van der Waals surface area contributed by atoms with E-state index in [0.717, 1.165) is 24.4 Å². The van der Waals surface area contributed by atoms with Gasteiger partial charge in [-0.1, -0.05) is 19.1 Å². The molecule has 0 atom stereocenters. The van der Waals surface area contributed by atoms with Gasteiger partial charge < -0.3 is 9.88 Å². The van der Waals surface area contributed by atoms with Crippen molar-refractivity contribution in [2.24, 2.45) is 0 Å². The monoisotopic (exact) mass is 261 g/mol. The number of benzene rings is 1. The first kappa shape index (κ1) is 13.7. The summed E-state index contributed by atoms with van der Waals surface area (Å²) in [5, 5.41) is 3.02. The van der Waals surface area contributed by atoms with Gasteiger partial charge in [-0.05, 0) is 30.7 Å². The number of hydrogen-bond donors (Lipinski definition) is 1. The Hall–Kier alpha value is -1.68. The quantitative estimate of drug-likeness (QED) is 0.866. The number of hydrogen-bond acceptors (Lipinski definition) is 2. The molecule has 0 amide bonds. The van der Waals surface area contributed by atoms with Crippen molar-refractivity contribution >= 4 is 0 Å². The highest BCUT2D eigenvalue weighted by Gasteiger charge is 2.08. The summed E-state index contributed by atoms with van der Waals surface area (Å²) in [7, 11) is 1.85. The minimum Gasteiger partial charge on any atom is -0.335 e. The summed E-state index contributed by atoms with van der Waals surface area (Å²) >= 11 is 0. The highest BCUT2D eigenvalue weighted by Crippen LogP contribution is 2.15. The van der Waals surface area contributed by atoms with Crippen molar-refractivity contribution in [3.8, 4) is 0 Å². The van der Waals surface area contributed by atoms with E-state index in [4.69, 9.17) is 0 Å². The summed E-state index contributed by atoms with van der Waals surface area (Å²) in [4.78, 5) is 4.31. The van der Waals surface area contributed by atoms with Crippen LogP contribution in [0.15, 0.2) is 30.6 Å². The Morgan fingerprint density at radius 1 is 1.37 bits per heavy atom. The second-order valence-corrected chi connectivity index (χ2v) is 4.67. The molecule has 3 nitrogen and oxygen atoms in total. The smallest absolute Gasteiger partial charge is 0.127 e. The second-order valence-electron chi connectivity index (χ2n) is 4.67. The van der Waals surface area contributed by atoms with Gasteiger partial charge in [0.1, 0.15) is 11.6 Å². The SMILES string of the molecule is CCCn1ccnc1Cc1ccc(CNC)cc1F. The maximum absolute atomic E-state index is 14.0. The van der Waals surface area contributed by atoms with Crippen LogP contribution in [0.25, 0.3) is 0 Å². The molecule has 0 saturated heterocycles. The van der Waals surface area contributed by atoms with E-state index in [1.54, 1.807) is 12.3 Å². The number of halogens is 1. The molecule has 0 saturated carbocycles. The molecule has 0 spiro atoms. The highest BCUT2D eigenvalue weighted by atomic mass is 19.1. The molecule has 4 heteroatoms. The summed E-state index contributed by atoms with van der Waals surface area (Å²) < 4.78 is 16.1. The maximum atomic E-state index is 14.0. The Kier molecular flexibility index (Phi) is 4.68. The fraction of sp³-hybridized carbons (Fsp3) is 0.400. The van der Waals surface area contributed by atoms with Crippen LogP contribution in [0.3, 0.4) is 0 Å². The van der Waals surface area contributed by atoms with Gasteiger partial charge in [0.05, 0.1) is 0 Å². The Labute approximate surface area is 113 Å². The van der Waals surface area contributed by atoms with Crippen LogP contribution in [0.2, 0.25) is 0 Å². The number of aromatic nitrogens is 2. The molecule has 0 bridgehead atoms. The van der Waals surface area contributed by atoms with Crippen LogP contribution < -0.4 is 5.32 Å². The van der Waals surface area contributed by atoms with Gasteiger partial charge in [-0.15, -0.1) is 0 Å². The van der Waals surface area contributed by atoms with Gasteiger partial charge in [-0.25, -0.2) is 9.37 Å². The van der Waals surface area contributed by atoms with Gasteiger partial charge in [0.15, 0.2) is 0 Å². The second kappa shape index (κ2) is 6.48. The molecule has 19 heavy (non-hydrogen) atoms. The molecule has 1 aromatic carbocycles. The van der Waals surface area contributed by atoms with Crippen LogP contribution >= 0.6 is 0 Å². The molecule has 2 rings (SSSR count). The van der Waals surface area contributed by atoms with Gasteiger partial charge in [0.25, 0.3) is 0 Å². The molecule has 102 valence electrons. The van der Waals surface area contributed by atoms with Crippen molar-refractivity contribution in [1.82, 2.24) is 14.9 Å². The maximum Gasteiger partial charge on any atom is 0.127 e. The molecule has 0 aliphatic heterocycles. The van der Waals surface area contributed by atoms with Crippen molar-refractivity contribution in [2.45, 2.75) is 32.9 Å². The molecular formula is C15H20FN3. The van der Waals surface area contributed by atoms with Crippen LogP contribution in [-0.4, -0.2) is 16.6 Å². The molecule has 2 aromatic rings. The summed E-state index contributed by atoms with van der Waals surface area (Å²) in [6.07, 6.45) is 5.32. The standard InChI is InChI=1S/C15H20FN3/c1-3-7-19-8-6-18-15(19)10-13-5-4-12(11-17-2)9-14(13)16/h4-6,8-9,17H,3,7,10-11H2,1-2H3. The zero-order valence-corrected chi connectivity index (χ0v) is 11.5. The Morgan fingerprint density at radius 2 is 2.21 bits per heavy atom. The molecule has 1 aromatic heterocycles. The minimum atomic E-state index is -0.154. The Morgan fingerprint density at radius 3 is 2.89 bits per heavy atom. The molecular weight excluding hydrogens is 241 g/mol. The first-order chi connectivity index (χ1) is 9.24. The van der Waals surface area contributed by atoms with E-state index >= 15 is 0 Å². The lowest BCUT2D eigenvalue weighted by Gasteiger charge is -2.08. The summed E-state index contributed by atoms with van der Waals surface area (Å²) in [5.41, 5.74) is 1.66.